The number of H-pyrrole nitrogens is 1. The summed E-state index contributed by atoms with van der Waals surface area (Å²) < 4.78 is 6.31. The highest BCUT2D eigenvalue weighted by Crippen LogP contribution is 2.29. The maximum atomic E-state index is 12.8. The molecule has 10 heteroatoms. The van der Waals surface area contributed by atoms with Crippen LogP contribution in [0.3, 0.4) is 0 Å². The number of aromatic nitrogens is 1. The zero-order valence-corrected chi connectivity index (χ0v) is 18.2. The van der Waals surface area contributed by atoms with Crippen molar-refractivity contribution < 1.29 is 29.6 Å². The highest BCUT2D eigenvalue weighted by Gasteiger charge is 2.38. The zero-order chi connectivity index (χ0) is 22.8. The number of likely N-dealkylation sites (tertiary alicyclic amines) is 1. The first kappa shape index (κ1) is 22.3. The van der Waals surface area contributed by atoms with Crippen LogP contribution in [0.5, 0.6) is 5.88 Å². The monoisotopic (exact) mass is 459 g/mol. The number of benzene rings is 1. The number of aromatic amines is 1. The smallest absolute Gasteiger partial charge is 0.393 e. The number of aliphatic hydroxyl groups excluding tert-OH is 3. The molecule has 4 rings (SSSR count). The second-order valence-corrected chi connectivity index (χ2v) is 8.86. The molecule has 2 aromatic heterocycles. The van der Waals surface area contributed by atoms with E-state index in [1.165, 1.54) is 16.2 Å². The summed E-state index contributed by atoms with van der Waals surface area (Å²) in [7, 11) is 0. The number of nitrogens with one attached hydrogen (secondary N) is 2. The topological polar surface area (TPSA) is 135 Å². The van der Waals surface area contributed by atoms with Crippen LogP contribution in [-0.4, -0.2) is 74.6 Å². The minimum atomic E-state index is -1.59. The van der Waals surface area contributed by atoms with Crippen LogP contribution >= 0.6 is 11.3 Å². The summed E-state index contributed by atoms with van der Waals surface area (Å²) in [5, 5.41) is 34.8. The number of β-amino-alcohol motifs (C(OH)–C–C–N with tert-alkyl or cyclic N) is 2. The Morgan fingerprint density at radius 2 is 1.94 bits per heavy atom. The van der Waals surface area contributed by atoms with Gasteiger partial charge in [-0.3, -0.25) is 4.79 Å². The summed E-state index contributed by atoms with van der Waals surface area (Å²) in [4.78, 5) is 29.6. The molecule has 3 heterocycles. The van der Waals surface area contributed by atoms with Crippen LogP contribution in [0.2, 0.25) is 0 Å². The van der Waals surface area contributed by atoms with Crippen molar-refractivity contribution in [2.75, 3.05) is 13.1 Å². The number of carbonyl (C=O) groups is 2. The first-order valence-corrected chi connectivity index (χ1v) is 11.1. The van der Waals surface area contributed by atoms with Crippen molar-refractivity contribution in [3.8, 4) is 5.88 Å². The van der Waals surface area contributed by atoms with Crippen LogP contribution in [0, 0.1) is 6.92 Å². The third-order valence-electron chi connectivity index (χ3n) is 5.52. The molecule has 1 aliphatic rings. The second-order valence-electron chi connectivity index (χ2n) is 7.94. The molecule has 1 saturated heterocycles. The number of rotatable bonds is 6. The number of thiophene rings is 1. The quantitative estimate of drug-likeness (QED) is 0.376. The van der Waals surface area contributed by atoms with E-state index in [9.17, 15) is 24.9 Å². The standard InChI is InChI=1S/C22H25N3O6S/c1-12-11-32-17-8-18(24-19(12)17)31-22(30)23-14(7-13-5-3-2-4-6-13)20(28)21(29)25-9-15(26)16(27)10-25/h2-6,8,11,14-16,20,24,26-28H,7,9-10H2,1H3,(H,23,30)/t14-,15-,16+,20+/m0/s1. The molecule has 0 saturated carbocycles. The molecule has 0 bridgehead atoms. The summed E-state index contributed by atoms with van der Waals surface area (Å²) in [5.41, 5.74) is 2.74. The van der Waals surface area contributed by atoms with Gasteiger partial charge in [-0.1, -0.05) is 30.3 Å². The van der Waals surface area contributed by atoms with Gasteiger partial charge in [0.05, 0.1) is 28.5 Å². The number of hydrogen-bond acceptors (Lipinski definition) is 7. The van der Waals surface area contributed by atoms with Gasteiger partial charge in [-0.2, -0.15) is 0 Å². The van der Waals surface area contributed by atoms with E-state index in [2.05, 4.69) is 10.3 Å². The van der Waals surface area contributed by atoms with E-state index in [1.54, 1.807) is 6.07 Å². The third kappa shape index (κ3) is 4.78. The number of carbonyl (C=O) groups excluding carboxylic acids is 2. The van der Waals surface area contributed by atoms with Crippen molar-refractivity contribution in [2.24, 2.45) is 0 Å². The van der Waals surface area contributed by atoms with Crippen molar-refractivity contribution in [1.29, 1.82) is 0 Å². The van der Waals surface area contributed by atoms with Gasteiger partial charge in [-0.25, -0.2) is 4.79 Å². The van der Waals surface area contributed by atoms with E-state index >= 15 is 0 Å². The number of ether oxygens (including phenoxy) is 1. The number of hydrogen-bond donors (Lipinski definition) is 5. The van der Waals surface area contributed by atoms with E-state index in [4.69, 9.17) is 4.74 Å². The summed E-state index contributed by atoms with van der Waals surface area (Å²) >= 11 is 1.53. The van der Waals surface area contributed by atoms with Crippen molar-refractivity contribution in [3.63, 3.8) is 0 Å². The first-order valence-electron chi connectivity index (χ1n) is 10.2. The largest absolute Gasteiger partial charge is 0.414 e. The van der Waals surface area contributed by atoms with Crippen LogP contribution in [-0.2, 0) is 11.2 Å². The van der Waals surface area contributed by atoms with Gasteiger partial charge in [0.15, 0.2) is 6.10 Å². The maximum Gasteiger partial charge on any atom is 0.414 e. The Kier molecular flexibility index (Phi) is 6.47. The van der Waals surface area contributed by atoms with Gasteiger partial charge in [-0.15, -0.1) is 11.3 Å². The Morgan fingerprint density at radius 1 is 1.25 bits per heavy atom. The molecule has 5 N–H and O–H groups in total. The lowest BCUT2D eigenvalue weighted by Crippen LogP contribution is -2.53. The van der Waals surface area contributed by atoms with Crippen molar-refractivity contribution in [3.05, 3.63) is 52.9 Å². The number of fused-ring (bicyclic) bond motifs is 1. The molecule has 1 aromatic carbocycles. The second kappa shape index (κ2) is 9.29. The van der Waals surface area contributed by atoms with Gasteiger partial charge in [0, 0.05) is 19.2 Å². The summed E-state index contributed by atoms with van der Waals surface area (Å²) in [6.07, 6.45) is -4.36. The molecule has 3 aromatic rings. The average Bonchev–Trinajstić information content (AvgIpc) is 3.43. The normalized spacial score (nSPS) is 20.3. The van der Waals surface area contributed by atoms with Gasteiger partial charge in [0.25, 0.3) is 5.91 Å². The Labute approximate surface area is 188 Å². The molecule has 0 spiro atoms. The lowest BCUT2D eigenvalue weighted by Gasteiger charge is -2.26. The summed E-state index contributed by atoms with van der Waals surface area (Å²) in [5.74, 6) is -0.421. The van der Waals surface area contributed by atoms with Gasteiger partial charge in [0.1, 0.15) is 0 Å². The van der Waals surface area contributed by atoms with Crippen molar-refractivity contribution in [2.45, 2.75) is 37.7 Å². The van der Waals surface area contributed by atoms with Crippen LogP contribution < -0.4 is 10.1 Å². The number of aliphatic hydroxyl groups is 3. The minimum Gasteiger partial charge on any atom is -0.393 e. The molecular formula is C22H25N3O6S. The fourth-order valence-electron chi connectivity index (χ4n) is 3.76. The van der Waals surface area contributed by atoms with E-state index in [0.717, 1.165) is 21.3 Å². The number of nitrogens with zero attached hydrogens (tertiary/aromatic N) is 1. The fourth-order valence-corrected chi connectivity index (χ4v) is 4.69. The van der Waals surface area contributed by atoms with Gasteiger partial charge >= 0.3 is 6.09 Å². The fraction of sp³-hybridized carbons (Fsp3) is 0.364. The predicted octanol–water partition coefficient (Wildman–Crippen LogP) is 1.16. The van der Waals surface area contributed by atoms with Crippen LogP contribution in [0.1, 0.15) is 11.1 Å². The molecule has 0 radical (unpaired) electrons. The minimum absolute atomic E-state index is 0.0852. The Balaban J connectivity index is 1.47. The summed E-state index contributed by atoms with van der Waals surface area (Å²) in [6, 6.07) is 9.86. The lowest BCUT2D eigenvalue weighted by atomic mass is 10.0. The van der Waals surface area contributed by atoms with Crippen LogP contribution in [0.15, 0.2) is 41.8 Å². The van der Waals surface area contributed by atoms with Crippen LogP contribution in [0.4, 0.5) is 4.79 Å². The SMILES string of the molecule is Cc1csc2cc(OC(=O)N[C@@H](Cc3ccccc3)[C@@H](O)C(=O)N3C[C@@H](O)[C@@H](O)C3)[nH]c12. The van der Waals surface area contributed by atoms with Crippen molar-refractivity contribution >= 4 is 33.6 Å². The molecule has 2 amide bonds. The lowest BCUT2D eigenvalue weighted by molar-refractivity contribution is -0.141. The van der Waals surface area contributed by atoms with E-state index in [1.807, 2.05) is 42.6 Å². The molecule has 0 aliphatic carbocycles. The highest BCUT2D eigenvalue weighted by molar-refractivity contribution is 7.17. The average molecular weight is 460 g/mol. The van der Waals surface area contributed by atoms with Gasteiger partial charge in [-0.05, 0) is 29.9 Å². The maximum absolute atomic E-state index is 12.8. The van der Waals surface area contributed by atoms with Gasteiger partial charge in [0.2, 0.25) is 5.88 Å². The third-order valence-corrected chi connectivity index (χ3v) is 6.57. The Bertz CT molecular complexity index is 1090. The molecule has 0 unspecified atom stereocenters. The predicted molar refractivity (Wildman–Crippen MR) is 119 cm³/mol. The zero-order valence-electron chi connectivity index (χ0n) is 17.4. The molecular weight excluding hydrogens is 434 g/mol. The molecule has 9 nitrogen and oxygen atoms in total. The van der Waals surface area contributed by atoms with E-state index in [-0.39, 0.29) is 25.4 Å². The molecule has 4 atom stereocenters. The molecule has 1 aliphatic heterocycles. The Morgan fingerprint density at radius 3 is 2.59 bits per heavy atom. The molecule has 32 heavy (non-hydrogen) atoms. The van der Waals surface area contributed by atoms with Crippen LogP contribution in [0.25, 0.3) is 10.2 Å². The number of amides is 2. The van der Waals surface area contributed by atoms with E-state index < -0.39 is 36.4 Å². The summed E-state index contributed by atoms with van der Waals surface area (Å²) in [6.45, 7) is 1.78. The van der Waals surface area contributed by atoms with Gasteiger partial charge < -0.3 is 35.3 Å². The Hall–Kier alpha value is -2.92. The first-order chi connectivity index (χ1) is 15.3. The number of aryl methyl sites for hydroxylation is 1. The van der Waals surface area contributed by atoms with Crippen molar-refractivity contribution in [1.82, 2.24) is 15.2 Å². The highest BCUT2D eigenvalue weighted by atomic mass is 32.1. The molecule has 170 valence electrons. The van der Waals surface area contributed by atoms with E-state index in [0.29, 0.717) is 0 Å². The molecule has 1 fully saturated rings.